The number of carbonyl (C=O) groups excluding carboxylic acids is 1. The van der Waals surface area contributed by atoms with Gasteiger partial charge in [0.25, 0.3) is 5.91 Å². The molecular formula is C22H27N5O2. The van der Waals surface area contributed by atoms with Crippen molar-refractivity contribution in [2.45, 2.75) is 6.54 Å². The zero-order chi connectivity index (χ0) is 20.1. The van der Waals surface area contributed by atoms with Crippen LogP contribution in [0.2, 0.25) is 0 Å². The molecule has 4 rings (SSSR count). The highest BCUT2D eigenvalue weighted by Gasteiger charge is 2.25. The van der Waals surface area contributed by atoms with Gasteiger partial charge >= 0.3 is 0 Å². The molecule has 2 aliphatic heterocycles. The molecule has 0 saturated carbocycles. The van der Waals surface area contributed by atoms with Crippen molar-refractivity contribution in [1.82, 2.24) is 15.1 Å². The van der Waals surface area contributed by atoms with E-state index in [1.165, 1.54) is 17.5 Å². The zero-order valence-electron chi connectivity index (χ0n) is 16.8. The van der Waals surface area contributed by atoms with E-state index in [-0.39, 0.29) is 5.91 Å². The largest absolute Gasteiger partial charge is 0.459 e. The number of rotatable bonds is 4. The van der Waals surface area contributed by atoms with Crippen molar-refractivity contribution < 1.29 is 9.21 Å². The molecular weight excluding hydrogens is 366 g/mol. The number of nitrogens with one attached hydrogen (secondary N) is 1. The minimum atomic E-state index is -0.0502. The van der Waals surface area contributed by atoms with E-state index in [4.69, 9.17) is 4.42 Å². The molecule has 0 radical (unpaired) electrons. The third-order valence-corrected chi connectivity index (χ3v) is 5.35. The fourth-order valence-electron chi connectivity index (χ4n) is 3.74. The first-order chi connectivity index (χ1) is 14.2. The van der Waals surface area contributed by atoms with E-state index in [2.05, 4.69) is 56.5 Å². The first-order valence-electron chi connectivity index (χ1n) is 10.0. The molecule has 152 valence electrons. The van der Waals surface area contributed by atoms with Crippen molar-refractivity contribution in [1.29, 1.82) is 0 Å². The lowest BCUT2D eigenvalue weighted by molar-refractivity contribution is 0.0657. The van der Waals surface area contributed by atoms with Crippen LogP contribution in [0.25, 0.3) is 0 Å². The molecule has 2 aromatic rings. The van der Waals surface area contributed by atoms with Gasteiger partial charge in [0.2, 0.25) is 0 Å². The summed E-state index contributed by atoms with van der Waals surface area (Å²) in [6.45, 7) is 5.44. The van der Waals surface area contributed by atoms with Gasteiger partial charge < -0.3 is 24.4 Å². The van der Waals surface area contributed by atoms with Crippen LogP contribution in [0, 0.1) is 0 Å². The molecule has 1 aromatic carbocycles. The minimum Gasteiger partial charge on any atom is -0.459 e. The Morgan fingerprint density at radius 1 is 1.07 bits per heavy atom. The smallest absolute Gasteiger partial charge is 0.289 e. The number of hydrogen-bond donors (Lipinski definition) is 1. The van der Waals surface area contributed by atoms with Gasteiger partial charge in [0, 0.05) is 58.5 Å². The predicted molar refractivity (Wildman–Crippen MR) is 114 cm³/mol. The summed E-state index contributed by atoms with van der Waals surface area (Å²) in [6.07, 6.45) is 5.93. The Bertz CT molecular complexity index is 874. The Morgan fingerprint density at radius 2 is 1.83 bits per heavy atom. The lowest BCUT2D eigenvalue weighted by Gasteiger charge is -2.36. The van der Waals surface area contributed by atoms with Gasteiger partial charge in [0.1, 0.15) is 0 Å². The first kappa shape index (κ1) is 19.1. The number of anilines is 1. The van der Waals surface area contributed by atoms with Crippen molar-refractivity contribution in [3.8, 4) is 0 Å². The predicted octanol–water partition coefficient (Wildman–Crippen LogP) is 2.19. The fourth-order valence-corrected chi connectivity index (χ4v) is 3.74. The molecule has 1 fully saturated rings. The number of aliphatic imine (C=N–C) groups is 1. The van der Waals surface area contributed by atoms with Crippen molar-refractivity contribution in [2.75, 3.05) is 51.2 Å². The van der Waals surface area contributed by atoms with E-state index in [0.29, 0.717) is 25.4 Å². The summed E-state index contributed by atoms with van der Waals surface area (Å²) in [4.78, 5) is 23.2. The summed E-state index contributed by atoms with van der Waals surface area (Å²) in [7, 11) is 1.80. The van der Waals surface area contributed by atoms with Crippen molar-refractivity contribution in [3.63, 3.8) is 0 Å². The van der Waals surface area contributed by atoms with E-state index in [0.717, 1.165) is 32.1 Å². The Hall–Kier alpha value is -3.22. The van der Waals surface area contributed by atoms with Crippen LogP contribution >= 0.6 is 0 Å². The second kappa shape index (κ2) is 8.86. The molecule has 2 aliphatic rings. The number of furan rings is 1. The Balaban J connectivity index is 1.30. The summed E-state index contributed by atoms with van der Waals surface area (Å²) < 4.78 is 5.23. The van der Waals surface area contributed by atoms with Crippen molar-refractivity contribution >= 4 is 17.6 Å². The summed E-state index contributed by atoms with van der Waals surface area (Å²) in [5.41, 5.74) is 2.47. The number of guanidine groups is 1. The van der Waals surface area contributed by atoms with Crippen molar-refractivity contribution in [2.24, 2.45) is 4.99 Å². The van der Waals surface area contributed by atoms with Crippen LogP contribution in [0.4, 0.5) is 5.69 Å². The number of amides is 1. The quantitative estimate of drug-likeness (QED) is 0.490. The molecule has 1 saturated heterocycles. The maximum Gasteiger partial charge on any atom is 0.289 e. The molecule has 1 amide bonds. The summed E-state index contributed by atoms with van der Waals surface area (Å²) in [5, 5.41) is 3.46. The van der Waals surface area contributed by atoms with Crippen LogP contribution < -0.4 is 10.2 Å². The van der Waals surface area contributed by atoms with Crippen LogP contribution in [0.3, 0.4) is 0 Å². The second-order valence-electron chi connectivity index (χ2n) is 7.20. The third kappa shape index (κ3) is 4.45. The van der Waals surface area contributed by atoms with Gasteiger partial charge in [-0.05, 0) is 29.8 Å². The van der Waals surface area contributed by atoms with E-state index >= 15 is 0 Å². The Kier molecular flexibility index (Phi) is 5.84. The highest BCUT2D eigenvalue weighted by Crippen LogP contribution is 2.18. The third-order valence-electron chi connectivity index (χ3n) is 5.35. The van der Waals surface area contributed by atoms with Crippen molar-refractivity contribution in [3.05, 3.63) is 66.1 Å². The minimum absolute atomic E-state index is 0.0502. The van der Waals surface area contributed by atoms with Crippen LogP contribution in [0.5, 0.6) is 0 Å². The van der Waals surface area contributed by atoms with Gasteiger partial charge in [-0.2, -0.15) is 0 Å². The monoisotopic (exact) mass is 393 g/mol. The van der Waals surface area contributed by atoms with Gasteiger partial charge in [-0.1, -0.05) is 24.3 Å². The lowest BCUT2D eigenvalue weighted by Crippen LogP contribution is -2.53. The normalized spacial score (nSPS) is 17.1. The highest BCUT2D eigenvalue weighted by molar-refractivity contribution is 5.91. The zero-order valence-corrected chi connectivity index (χ0v) is 16.8. The average molecular weight is 393 g/mol. The van der Waals surface area contributed by atoms with Gasteiger partial charge in [-0.15, -0.1) is 0 Å². The maximum atomic E-state index is 12.4. The fraction of sp³-hybridized carbons (Fsp3) is 0.364. The standard InChI is InChI=1S/C22H27N5O2/c1-23-22(24-17-18-6-4-7-19(16-18)25-9-2-3-10-25)27-13-11-26(12-14-27)21(28)20-8-5-15-29-20/h2-8,15-16H,9-14,17H2,1H3,(H,23,24). The Labute approximate surface area is 171 Å². The summed E-state index contributed by atoms with van der Waals surface area (Å²) >= 11 is 0. The van der Waals surface area contributed by atoms with E-state index in [9.17, 15) is 4.79 Å². The SMILES string of the molecule is CN=C(NCc1cccc(N2CC=CC2)c1)N1CCN(C(=O)c2ccco2)CC1. The van der Waals surface area contributed by atoms with Gasteiger partial charge in [0.05, 0.1) is 6.26 Å². The molecule has 1 N–H and O–H groups in total. The second-order valence-corrected chi connectivity index (χ2v) is 7.20. The van der Waals surface area contributed by atoms with Crippen LogP contribution in [-0.4, -0.2) is 68.0 Å². The van der Waals surface area contributed by atoms with E-state index in [1.54, 1.807) is 19.2 Å². The molecule has 0 spiro atoms. The number of carbonyl (C=O) groups is 1. The highest BCUT2D eigenvalue weighted by atomic mass is 16.3. The molecule has 0 aliphatic carbocycles. The molecule has 0 unspecified atom stereocenters. The number of hydrogen-bond acceptors (Lipinski definition) is 4. The van der Waals surface area contributed by atoms with E-state index in [1.807, 2.05) is 4.90 Å². The molecule has 0 atom stereocenters. The number of piperazine rings is 1. The van der Waals surface area contributed by atoms with Gasteiger partial charge in [-0.25, -0.2) is 0 Å². The molecule has 3 heterocycles. The van der Waals surface area contributed by atoms with Crippen LogP contribution in [0.15, 0.2) is 64.2 Å². The van der Waals surface area contributed by atoms with Gasteiger partial charge in [0.15, 0.2) is 11.7 Å². The van der Waals surface area contributed by atoms with Gasteiger partial charge in [-0.3, -0.25) is 9.79 Å². The topological polar surface area (TPSA) is 64.3 Å². The van der Waals surface area contributed by atoms with Crippen LogP contribution in [-0.2, 0) is 6.54 Å². The first-order valence-corrected chi connectivity index (χ1v) is 10.0. The summed E-state index contributed by atoms with van der Waals surface area (Å²) in [5.74, 6) is 1.21. The number of nitrogens with zero attached hydrogens (tertiary/aromatic N) is 4. The van der Waals surface area contributed by atoms with Crippen LogP contribution in [0.1, 0.15) is 16.1 Å². The lowest BCUT2D eigenvalue weighted by atomic mass is 10.2. The van der Waals surface area contributed by atoms with E-state index < -0.39 is 0 Å². The number of benzene rings is 1. The molecule has 7 nitrogen and oxygen atoms in total. The Morgan fingerprint density at radius 3 is 2.52 bits per heavy atom. The average Bonchev–Trinajstić information content (AvgIpc) is 3.49. The summed E-state index contributed by atoms with van der Waals surface area (Å²) in [6, 6.07) is 12.1. The molecule has 29 heavy (non-hydrogen) atoms. The molecule has 7 heteroatoms. The maximum absolute atomic E-state index is 12.4. The molecule has 0 bridgehead atoms. The molecule has 1 aromatic heterocycles.